The number of hydrogen-bond donors (Lipinski definition) is 1. The van der Waals surface area contributed by atoms with Crippen molar-refractivity contribution in [2.45, 2.75) is 32.3 Å². The van der Waals surface area contributed by atoms with Crippen molar-refractivity contribution in [3.05, 3.63) is 0 Å². The second-order valence-corrected chi connectivity index (χ2v) is 2.40. The fourth-order valence-electron chi connectivity index (χ4n) is 0.902. The summed E-state index contributed by atoms with van der Waals surface area (Å²) in [5, 5.41) is 0. The average molecular weight is 165 g/mol. The molecule has 0 aromatic rings. The highest BCUT2D eigenvalue weighted by molar-refractivity contribution is 7.59. The summed E-state index contributed by atoms with van der Waals surface area (Å²) in [6, 6.07) is 0. The summed E-state index contributed by atoms with van der Waals surface area (Å²) in [5.74, 6) is 0. The molecule has 1 aliphatic heterocycles. The van der Waals surface area contributed by atoms with Gasteiger partial charge in [-0.05, 0) is 26.2 Å². The van der Waals surface area contributed by atoms with Crippen LogP contribution in [-0.4, -0.2) is 17.3 Å². The lowest BCUT2D eigenvalue weighted by atomic mass is 10.1. The normalized spacial score (nSPS) is 24.4. The Morgan fingerprint density at radius 1 is 1.60 bits per heavy atom. The molecule has 1 fully saturated rings. The first-order valence-corrected chi connectivity index (χ1v) is 4.06. The lowest BCUT2D eigenvalue weighted by Crippen LogP contribution is -2.14. The molecule has 1 atom stereocenters. The van der Waals surface area contributed by atoms with Gasteiger partial charge < -0.3 is 4.74 Å². The lowest BCUT2D eigenvalue weighted by Gasteiger charge is -2.17. The third-order valence-corrected chi connectivity index (χ3v) is 1.41. The fraction of sp³-hybridized carbons (Fsp3) is 1.00. The molecule has 10 heavy (non-hydrogen) atoms. The number of rotatable bonds is 0. The zero-order valence-corrected chi connectivity index (χ0v) is 6.89. The van der Waals surface area contributed by atoms with Crippen LogP contribution in [0.4, 0.5) is 0 Å². The molecule has 1 rings (SSSR count). The molecular formula is C6H13O3S+. The van der Waals surface area contributed by atoms with Crippen molar-refractivity contribution in [3.63, 3.8) is 0 Å². The van der Waals surface area contributed by atoms with Crippen LogP contribution in [0.15, 0.2) is 0 Å². The van der Waals surface area contributed by atoms with E-state index in [9.17, 15) is 0 Å². The summed E-state index contributed by atoms with van der Waals surface area (Å²) in [6.07, 6.45) is 4.43. The Labute approximate surface area is 65.1 Å². The Balaban J connectivity index is 0.000000236. The Morgan fingerprint density at radius 2 is 2.20 bits per heavy atom. The number of hydrogen-bond acceptors (Lipinski definition) is 2. The maximum atomic E-state index is 8.40. The largest absolute Gasteiger partial charge is 0.690 e. The van der Waals surface area contributed by atoms with Crippen LogP contribution >= 0.6 is 0 Å². The van der Waals surface area contributed by atoms with Gasteiger partial charge in [0.15, 0.2) is 0 Å². The molecule has 1 unspecified atom stereocenters. The maximum Gasteiger partial charge on any atom is 0.690 e. The van der Waals surface area contributed by atoms with E-state index in [-0.39, 0.29) is 0 Å². The van der Waals surface area contributed by atoms with Crippen molar-refractivity contribution in [2.75, 3.05) is 6.61 Å². The fourth-order valence-corrected chi connectivity index (χ4v) is 0.902. The Bertz CT molecular complexity index is 81.1. The smallest absolute Gasteiger partial charge is 0.379 e. The van der Waals surface area contributed by atoms with Gasteiger partial charge in [-0.3, -0.25) is 0 Å². The molecule has 0 saturated carbocycles. The lowest BCUT2D eigenvalue weighted by molar-refractivity contribution is 0.0285. The molecule has 0 aromatic carbocycles. The van der Waals surface area contributed by atoms with E-state index in [4.69, 9.17) is 13.5 Å². The Kier molecular flexibility index (Phi) is 7.01. The van der Waals surface area contributed by atoms with Crippen molar-refractivity contribution in [1.29, 1.82) is 0 Å². The summed E-state index contributed by atoms with van der Waals surface area (Å²) < 4.78 is 20.6. The first-order chi connectivity index (χ1) is 4.81. The second kappa shape index (κ2) is 7.05. The van der Waals surface area contributed by atoms with E-state index in [2.05, 4.69) is 6.92 Å². The predicted octanol–water partition coefficient (Wildman–Crippen LogP) is 1.46. The third-order valence-electron chi connectivity index (χ3n) is 1.41. The zero-order chi connectivity index (χ0) is 7.82. The van der Waals surface area contributed by atoms with Crippen molar-refractivity contribution < 1.29 is 13.5 Å². The van der Waals surface area contributed by atoms with Gasteiger partial charge in [0.2, 0.25) is 0 Å². The van der Waals surface area contributed by atoms with Gasteiger partial charge >= 0.3 is 11.9 Å². The summed E-state index contributed by atoms with van der Waals surface area (Å²) in [7, 11) is 0. The van der Waals surface area contributed by atoms with Crippen LogP contribution in [-0.2, 0) is 20.9 Å². The van der Waals surface area contributed by atoms with Gasteiger partial charge in [-0.25, -0.2) is 0 Å². The van der Waals surface area contributed by atoms with Gasteiger partial charge in [0.05, 0.1) is 10.3 Å². The van der Waals surface area contributed by atoms with E-state index >= 15 is 0 Å². The highest BCUT2D eigenvalue weighted by atomic mass is 32.2. The maximum absolute atomic E-state index is 8.40. The molecule has 3 nitrogen and oxygen atoms in total. The van der Waals surface area contributed by atoms with E-state index < -0.39 is 11.9 Å². The number of ether oxygens (including phenoxy) is 1. The molecule has 0 aliphatic carbocycles. The van der Waals surface area contributed by atoms with Gasteiger partial charge in [-0.15, -0.1) is 0 Å². The minimum atomic E-state index is -0.500. The van der Waals surface area contributed by atoms with Crippen LogP contribution in [0.5, 0.6) is 0 Å². The third kappa shape index (κ3) is 6.07. The first kappa shape index (κ1) is 9.94. The van der Waals surface area contributed by atoms with Gasteiger partial charge in [-0.2, -0.15) is 0 Å². The molecule has 1 heterocycles. The van der Waals surface area contributed by atoms with Crippen molar-refractivity contribution in [3.8, 4) is 0 Å². The highest BCUT2D eigenvalue weighted by Crippen LogP contribution is 2.10. The van der Waals surface area contributed by atoms with Crippen molar-refractivity contribution >= 4 is 11.9 Å². The van der Waals surface area contributed by atoms with E-state index in [1.807, 2.05) is 0 Å². The minimum Gasteiger partial charge on any atom is -0.379 e. The van der Waals surface area contributed by atoms with Crippen LogP contribution in [0.3, 0.4) is 0 Å². The monoisotopic (exact) mass is 165 g/mol. The minimum absolute atomic E-state index is 0.500. The summed E-state index contributed by atoms with van der Waals surface area (Å²) in [4.78, 5) is 0. The molecule has 4 heteroatoms. The van der Waals surface area contributed by atoms with Gasteiger partial charge in [-0.1, -0.05) is 4.55 Å². The molecule has 0 radical (unpaired) electrons. The van der Waals surface area contributed by atoms with Gasteiger partial charge in [0.1, 0.15) is 0 Å². The van der Waals surface area contributed by atoms with Crippen LogP contribution in [0, 0.1) is 0 Å². The predicted molar refractivity (Wildman–Crippen MR) is 39.9 cm³/mol. The topological polar surface area (TPSA) is 46.5 Å². The van der Waals surface area contributed by atoms with Gasteiger partial charge in [0.25, 0.3) is 0 Å². The van der Waals surface area contributed by atoms with E-state index in [0.29, 0.717) is 6.10 Å². The molecule has 1 aliphatic rings. The second-order valence-electron chi connectivity index (χ2n) is 2.25. The Hall–Kier alpha value is -0.0600. The van der Waals surface area contributed by atoms with Crippen LogP contribution in [0.1, 0.15) is 26.2 Å². The van der Waals surface area contributed by atoms with Crippen LogP contribution in [0.25, 0.3) is 0 Å². The molecule has 1 N–H and O–H groups in total. The summed E-state index contributed by atoms with van der Waals surface area (Å²) >= 11 is -0.500. The van der Waals surface area contributed by atoms with E-state index in [0.717, 1.165) is 6.61 Å². The zero-order valence-electron chi connectivity index (χ0n) is 6.08. The Morgan fingerprint density at radius 3 is 2.40 bits per heavy atom. The molecule has 0 amide bonds. The highest BCUT2D eigenvalue weighted by Gasteiger charge is 2.05. The van der Waals surface area contributed by atoms with E-state index in [1.54, 1.807) is 0 Å². The molecule has 60 valence electrons. The molecule has 0 aromatic heterocycles. The van der Waals surface area contributed by atoms with Crippen molar-refractivity contribution in [2.24, 2.45) is 0 Å². The standard InChI is InChI=1S/C6H12O.O2S/c1-6-4-2-3-5-7-6;1-3-2/h6H,2-5H2,1H3;/p+1. The molecular weight excluding hydrogens is 152 g/mol. The van der Waals surface area contributed by atoms with Crippen molar-refractivity contribution in [1.82, 2.24) is 0 Å². The van der Waals surface area contributed by atoms with Crippen LogP contribution in [0.2, 0.25) is 0 Å². The molecule has 0 spiro atoms. The molecule has 0 bridgehead atoms. The SMILES string of the molecule is CC1CCCCO1.O=[S+]O. The summed E-state index contributed by atoms with van der Waals surface area (Å²) in [6.45, 7) is 3.13. The summed E-state index contributed by atoms with van der Waals surface area (Å²) in [5.41, 5.74) is 0. The quantitative estimate of drug-likeness (QED) is 0.436. The first-order valence-electron chi connectivity index (χ1n) is 3.36. The molecule has 1 saturated heterocycles. The average Bonchev–Trinajstić information content (AvgIpc) is 1.91. The van der Waals surface area contributed by atoms with E-state index in [1.165, 1.54) is 19.3 Å². The van der Waals surface area contributed by atoms with Gasteiger partial charge in [0, 0.05) is 6.61 Å². The van der Waals surface area contributed by atoms with Crippen LogP contribution < -0.4 is 0 Å².